The maximum absolute atomic E-state index is 11.9. The van der Waals surface area contributed by atoms with Crippen LogP contribution in [-0.4, -0.2) is 43.8 Å². The molecule has 0 aromatic heterocycles. The lowest BCUT2D eigenvalue weighted by Gasteiger charge is -2.29. The highest BCUT2D eigenvalue weighted by Crippen LogP contribution is 2.22. The van der Waals surface area contributed by atoms with Gasteiger partial charge < -0.3 is 5.73 Å². The Hall–Kier alpha value is -0.0500. The first kappa shape index (κ1) is 17.9. The number of alkyl halides is 3. The highest BCUT2D eigenvalue weighted by molar-refractivity contribution is 7.89. The molecular formula is C9H18ClF3N2O2S. The van der Waals surface area contributed by atoms with Crippen LogP contribution in [0, 0.1) is 0 Å². The molecule has 1 aliphatic rings. The van der Waals surface area contributed by atoms with Crippen molar-refractivity contribution < 1.29 is 21.6 Å². The lowest BCUT2D eigenvalue weighted by atomic mass is 10.1. The second kappa shape index (κ2) is 6.93. The van der Waals surface area contributed by atoms with Crippen molar-refractivity contribution in [2.24, 2.45) is 5.73 Å². The molecule has 0 spiro atoms. The molecule has 0 aliphatic carbocycles. The van der Waals surface area contributed by atoms with E-state index < -0.39 is 34.8 Å². The summed E-state index contributed by atoms with van der Waals surface area (Å²) in [6.07, 6.45) is -4.33. The number of nitrogens with zero attached hydrogens (tertiary/aromatic N) is 1. The van der Waals surface area contributed by atoms with Crippen LogP contribution in [0.15, 0.2) is 0 Å². The van der Waals surface area contributed by atoms with Gasteiger partial charge in [0.15, 0.2) is 0 Å². The lowest BCUT2D eigenvalue weighted by molar-refractivity contribution is -0.134. The van der Waals surface area contributed by atoms with E-state index in [1.165, 1.54) is 4.31 Å². The maximum Gasteiger partial charge on any atom is 0.389 e. The second-order valence-corrected chi connectivity index (χ2v) is 6.38. The fraction of sp³-hybridized carbons (Fsp3) is 1.00. The van der Waals surface area contributed by atoms with Crippen LogP contribution in [0.25, 0.3) is 0 Å². The van der Waals surface area contributed by atoms with Crippen LogP contribution in [0.2, 0.25) is 0 Å². The molecule has 1 unspecified atom stereocenters. The van der Waals surface area contributed by atoms with Crippen molar-refractivity contribution in [2.45, 2.75) is 37.9 Å². The summed E-state index contributed by atoms with van der Waals surface area (Å²) in [4.78, 5) is 0. The standard InChI is InChI=1S/C9H17F3N2O2S.ClH/c10-9(11,12)4-2-6-17(15,16)14-5-1-3-8(13)7-14;/h8H,1-7,13H2;1H. The predicted molar refractivity (Wildman–Crippen MR) is 65.1 cm³/mol. The van der Waals surface area contributed by atoms with Gasteiger partial charge in [-0.25, -0.2) is 12.7 Å². The van der Waals surface area contributed by atoms with Gasteiger partial charge in [-0.2, -0.15) is 13.2 Å². The SMILES string of the molecule is Cl.NC1CCCN(S(=O)(=O)CCCC(F)(F)F)C1. The summed E-state index contributed by atoms with van der Waals surface area (Å²) in [5, 5.41) is 0. The van der Waals surface area contributed by atoms with E-state index in [1.807, 2.05) is 0 Å². The Morgan fingerprint density at radius 2 is 1.94 bits per heavy atom. The van der Waals surface area contributed by atoms with E-state index in [2.05, 4.69) is 0 Å². The lowest BCUT2D eigenvalue weighted by Crippen LogP contribution is -2.46. The summed E-state index contributed by atoms with van der Waals surface area (Å²) in [6, 6.07) is -0.207. The monoisotopic (exact) mass is 310 g/mol. The molecular weight excluding hydrogens is 293 g/mol. The number of nitrogens with two attached hydrogens (primary N) is 1. The molecule has 0 amide bonds. The summed E-state index contributed by atoms with van der Waals surface area (Å²) >= 11 is 0. The van der Waals surface area contributed by atoms with Crippen LogP contribution in [0.3, 0.4) is 0 Å². The first-order valence-corrected chi connectivity index (χ1v) is 7.12. The Balaban J connectivity index is 0.00000289. The minimum absolute atomic E-state index is 0. The smallest absolute Gasteiger partial charge is 0.327 e. The molecule has 18 heavy (non-hydrogen) atoms. The molecule has 1 fully saturated rings. The second-order valence-electron chi connectivity index (χ2n) is 4.30. The molecule has 0 bridgehead atoms. The first-order valence-electron chi connectivity index (χ1n) is 5.51. The van der Waals surface area contributed by atoms with Crippen LogP contribution in [0.1, 0.15) is 25.7 Å². The molecule has 0 radical (unpaired) electrons. The van der Waals surface area contributed by atoms with Crippen molar-refractivity contribution in [2.75, 3.05) is 18.8 Å². The average Bonchev–Trinajstić information content (AvgIpc) is 2.15. The van der Waals surface area contributed by atoms with Gasteiger partial charge in [-0.1, -0.05) is 0 Å². The fourth-order valence-electron chi connectivity index (χ4n) is 1.81. The molecule has 4 nitrogen and oxygen atoms in total. The third-order valence-corrected chi connectivity index (χ3v) is 4.60. The largest absolute Gasteiger partial charge is 0.389 e. The van der Waals surface area contributed by atoms with Gasteiger partial charge in [-0.3, -0.25) is 0 Å². The highest BCUT2D eigenvalue weighted by atomic mass is 35.5. The molecule has 110 valence electrons. The zero-order chi connectivity index (χ0) is 13.1. The number of hydrogen-bond donors (Lipinski definition) is 1. The molecule has 0 aromatic carbocycles. The number of halogens is 4. The summed E-state index contributed by atoms with van der Waals surface area (Å²) in [7, 11) is -3.59. The zero-order valence-electron chi connectivity index (χ0n) is 9.82. The van der Waals surface area contributed by atoms with Gasteiger partial charge in [0.05, 0.1) is 5.75 Å². The van der Waals surface area contributed by atoms with Gasteiger partial charge in [0.25, 0.3) is 0 Å². The number of rotatable bonds is 4. The van der Waals surface area contributed by atoms with Crippen LogP contribution < -0.4 is 5.73 Å². The summed E-state index contributed by atoms with van der Waals surface area (Å²) in [5.41, 5.74) is 5.63. The summed E-state index contributed by atoms with van der Waals surface area (Å²) in [5.74, 6) is -0.459. The molecule has 0 aromatic rings. The Kier molecular flexibility index (Phi) is 6.91. The first-order chi connectivity index (χ1) is 7.71. The van der Waals surface area contributed by atoms with E-state index in [0.717, 1.165) is 6.42 Å². The van der Waals surface area contributed by atoms with E-state index in [-0.39, 0.29) is 25.0 Å². The molecule has 1 atom stereocenters. The van der Waals surface area contributed by atoms with E-state index >= 15 is 0 Å². The minimum Gasteiger partial charge on any atom is -0.327 e. The number of piperidine rings is 1. The van der Waals surface area contributed by atoms with Crippen molar-refractivity contribution in [3.05, 3.63) is 0 Å². The van der Waals surface area contributed by atoms with E-state index in [9.17, 15) is 21.6 Å². The van der Waals surface area contributed by atoms with Crippen LogP contribution >= 0.6 is 12.4 Å². The summed E-state index contributed by atoms with van der Waals surface area (Å²) in [6.45, 7) is 0.580. The van der Waals surface area contributed by atoms with Gasteiger partial charge in [0.1, 0.15) is 0 Å². The topological polar surface area (TPSA) is 63.4 Å². The van der Waals surface area contributed by atoms with Gasteiger partial charge >= 0.3 is 6.18 Å². The molecule has 1 rings (SSSR count). The van der Waals surface area contributed by atoms with Crippen LogP contribution in [-0.2, 0) is 10.0 Å². The van der Waals surface area contributed by atoms with E-state index in [4.69, 9.17) is 5.73 Å². The van der Waals surface area contributed by atoms with Crippen molar-refractivity contribution in [1.29, 1.82) is 0 Å². The van der Waals surface area contributed by atoms with Gasteiger partial charge in [-0.05, 0) is 19.3 Å². The molecule has 2 N–H and O–H groups in total. The van der Waals surface area contributed by atoms with E-state index in [1.54, 1.807) is 0 Å². The van der Waals surface area contributed by atoms with Crippen molar-refractivity contribution in [3.8, 4) is 0 Å². The molecule has 9 heteroatoms. The minimum atomic E-state index is -4.30. The molecule has 1 saturated heterocycles. The van der Waals surface area contributed by atoms with Crippen LogP contribution in [0.5, 0.6) is 0 Å². The maximum atomic E-state index is 11.9. The van der Waals surface area contributed by atoms with Crippen molar-refractivity contribution in [3.63, 3.8) is 0 Å². The summed E-state index contributed by atoms with van der Waals surface area (Å²) < 4.78 is 60.4. The Labute approximate surface area is 111 Å². The van der Waals surface area contributed by atoms with E-state index in [0.29, 0.717) is 13.0 Å². The van der Waals surface area contributed by atoms with Gasteiger partial charge in [-0.15, -0.1) is 12.4 Å². The third kappa shape index (κ3) is 6.21. The predicted octanol–water partition coefficient (Wildman–Crippen LogP) is 1.50. The van der Waals surface area contributed by atoms with Gasteiger partial charge in [0.2, 0.25) is 10.0 Å². The molecule has 1 heterocycles. The quantitative estimate of drug-likeness (QED) is 0.856. The zero-order valence-corrected chi connectivity index (χ0v) is 11.5. The molecule has 1 aliphatic heterocycles. The number of sulfonamides is 1. The Morgan fingerprint density at radius 1 is 1.33 bits per heavy atom. The Bertz CT molecular complexity index is 348. The molecule has 0 saturated carbocycles. The average molecular weight is 311 g/mol. The highest BCUT2D eigenvalue weighted by Gasteiger charge is 2.30. The third-order valence-electron chi connectivity index (χ3n) is 2.68. The fourth-order valence-corrected chi connectivity index (χ4v) is 3.40. The van der Waals surface area contributed by atoms with Crippen LogP contribution in [0.4, 0.5) is 13.2 Å². The normalized spacial score (nSPS) is 22.6. The Morgan fingerprint density at radius 3 is 2.44 bits per heavy atom. The van der Waals surface area contributed by atoms with Crippen molar-refractivity contribution in [1.82, 2.24) is 4.31 Å². The van der Waals surface area contributed by atoms with Crippen molar-refractivity contribution >= 4 is 22.4 Å². The number of hydrogen-bond acceptors (Lipinski definition) is 3. The van der Waals surface area contributed by atoms with Gasteiger partial charge in [0, 0.05) is 25.6 Å².